The van der Waals surface area contributed by atoms with Crippen molar-refractivity contribution in [3.63, 3.8) is 0 Å². The minimum absolute atomic E-state index is 0.542. The van der Waals surface area contributed by atoms with E-state index in [1.54, 1.807) is 11.8 Å². The van der Waals surface area contributed by atoms with Gasteiger partial charge in [-0.3, -0.25) is 0 Å². The van der Waals surface area contributed by atoms with Crippen molar-refractivity contribution in [1.29, 1.82) is 0 Å². The first-order chi connectivity index (χ1) is 9.75. The first-order valence-corrected chi connectivity index (χ1v) is 8.19. The zero-order valence-electron chi connectivity index (χ0n) is 11.6. The SMILES string of the molecule is OC1(CSc2ccc3c(c2)OCCCO3)CCNCC1. The molecule has 20 heavy (non-hydrogen) atoms. The molecule has 2 aliphatic rings. The lowest BCUT2D eigenvalue weighted by molar-refractivity contribution is 0.0339. The van der Waals surface area contributed by atoms with E-state index < -0.39 is 5.60 Å². The highest BCUT2D eigenvalue weighted by molar-refractivity contribution is 7.99. The third kappa shape index (κ3) is 3.40. The van der Waals surface area contributed by atoms with Gasteiger partial charge in [0.1, 0.15) is 0 Å². The number of benzene rings is 1. The van der Waals surface area contributed by atoms with Crippen LogP contribution in [-0.2, 0) is 0 Å². The van der Waals surface area contributed by atoms with Crippen LogP contribution in [0.5, 0.6) is 11.5 Å². The van der Waals surface area contributed by atoms with E-state index in [2.05, 4.69) is 5.32 Å². The number of hydrogen-bond donors (Lipinski definition) is 2. The molecule has 3 rings (SSSR count). The second kappa shape index (κ2) is 6.24. The van der Waals surface area contributed by atoms with Gasteiger partial charge in [0.15, 0.2) is 11.5 Å². The summed E-state index contributed by atoms with van der Waals surface area (Å²) in [5.41, 5.74) is -0.542. The number of piperidine rings is 1. The van der Waals surface area contributed by atoms with E-state index in [0.717, 1.165) is 54.5 Å². The molecular weight excluding hydrogens is 274 g/mol. The minimum atomic E-state index is -0.542. The molecule has 0 aromatic heterocycles. The lowest BCUT2D eigenvalue weighted by Gasteiger charge is -2.32. The summed E-state index contributed by atoms with van der Waals surface area (Å²) >= 11 is 1.69. The molecule has 0 aliphatic carbocycles. The van der Waals surface area contributed by atoms with Crippen LogP contribution in [0.4, 0.5) is 0 Å². The normalized spacial score (nSPS) is 21.2. The summed E-state index contributed by atoms with van der Waals surface area (Å²) < 4.78 is 11.3. The molecule has 2 N–H and O–H groups in total. The maximum Gasteiger partial charge on any atom is 0.162 e. The van der Waals surface area contributed by atoms with Crippen LogP contribution in [0, 0.1) is 0 Å². The van der Waals surface area contributed by atoms with Gasteiger partial charge in [-0.05, 0) is 44.1 Å². The Balaban J connectivity index is 1.64. The monoisotopic (exact) mass is 295 g/mol. The maximum absolute atomic E-state index is 10.5. The molecule has 0 unspecified atom stereocenters. The molecule has 0 spiro atoms. The second-order valence-electron chi connectivity index (χ2n) is 5.42. The van der Waals surface area contributed by atoms with Crippen LogP contribution >= 0.6 is 11.8 Å². The largest absolute Gasteiger partial charge is 0.490 e. The van der Waals surface area contributed by atoms with E-state index in [-0.39, 0.29) is 0 Å². The Morgan fingerprint density at radius 1 is 1.15 bits per heavy atom. The number of fused-ring (bicyclic) bond motifs is 1. The van der Waals surface area contributed by atoms with Gasteiger partial charge in [-0.25, -0.2) is 0 Å². The van der Waals surface area contributed by atoms with Crippen molar-refractivity contribution in [2.45, 2.75) is 29.8 Å². The van der Waals surface area contributed by atoms with Crippen LogP contribution in [0.15, 0.2) is 23.1 Å². The Kier molecular flexibility index (Phi) is 4.38. The van der Waals surface area contributed by atoms with E-state index >= 15 is 0 Å². The Hall–Kier alpha value is -0.910. The van der Waals surface area contributed by atoms with Gasteiger partial charge in [0.2, 0.25) is 0 Å². The number of thioether (sulfide) groups is 1. The first-order valence-electron chi connectivity index (χ1n) is 7.21. The van der Waals surface area contributed by atoms with Gasteiger partial charge < -0.3 is 19.9 Å². The van der Waals surface area contributed by atoms with E-state index in [9.17, 15) is 5.11 Å². The van der Waals surface area contributed by atoms with Crippen LogP contribution in [-0.4, -0.2) is 42.8 Å². The first kappa shape index (κ1) is 14.0. The Bertz CT molecular complexity index is 460. The molecular formula is C15H21NO3S. The average molecular weight is 295 g/mol. The molecule has 4 nitrogen and oxygen atoms in total. The van der Waals surface area contributed by atoms with Gasteiger partial charge in [0.05, 0.1) is 18.8 Å². The van der Waals surface area contributed by atoms with Gasteiger partial charge in [-0.2, -0.15) is 0 Å². The summed E-state index contributed by atoms with van der Waals surface area (Å²) in [5.74, 6) is 2.38. The zero-order valence-corrected chi connectivity index (χ0v) is 12.4. The summed E-state index contributed by atoms with van der Waals surface area (Å²) in [7, 11) is 0. The molecule has 0 bridgehead atoms. The minimum Gasteiger partial charge on any atom is -0.490 e. The number of nitrogens with one attached hydrogen (secondary N) is 1. The highest BCUT2D eigenvalue weighted by atomic mass is 32.2. The maximum atomic E-state index is 10.5. The fraction of sp³-hybridized carbons (Fsp3) is 0.600. The Morgan fingerprint density at radius 3 is 2.70 bits per heavy atom. The molecule has 2 aliphatic heterocycles. The summed E-state index contributed by atoms with van der Waals surface area (Å²) in [6.45, 7) is 3.22. The van der Waals surface area contributed by atoms with Crippen LogP contribution < -0.4 is 14.8 Å². The van der Waals surface area contributed by atoms with Crippen LogP contribution in [0.3, 0.4) is 0 Å². The lowest BCUT2D eigenvalue weighted by atomic mass is 9.95. The van der Waals surface area contributed by atoms with E-state index in [4.69, 9.17) is 9.47 Å². The molecule has 1 aromatic rings. The molecule has 0 atom stereocenters. The van der Waals surface area contributed by atoms with Gasteiger partial charge in [-0.1, -0.05) is 0 Å². The van der Waals surface area contributed by atoms with E-state index in [0.29, 0.717) is 13.2 Å². The Morgan fingerprint density at radius 2 is 1.90 bits per heavy atom. The summed E-state index contributed by atoms with van der Waals surface area (Å²) in [4.78, 5) is 1.13. The zero-order chi connectivity index (χ0) is 13.8. The number of rotatable bonds is 3. The van der Waals surface area contributed by atoms with Crippen LogP contribution in [0.25, 0.3) is 0 Å². The topological polar surface area (TPSA) is 50.7 Å². The number of hydrogen-bond acceptors (Lipinski definition) is 5. The molecule has 1 aromatic carbocycles. The predicted molar refractivity (Wildman–Crippen MR) is 79.8 cm³/mol. The smallest absolute Gasteiger partial charge is 0.162 e. The fourth-order valence-electron chi connectivity index (χ4n) is 2.49. The molecule has 5 heteroatoms. The third-order valence-corrected chi connectivity index (χ3v) is 5.03. The van der Waals surface area contributed by atoms with Crippen molar-refractivity contribution in [3.8, 4) is 11.5 Å². The number of ether oxygens (including phenoxy) is 2. The highest BCUT2D eigenvalue weighted by Crippen LogP contribution is 2.35. The quantitative estimate of drug-likeness (QED) is 0.836. The molecule has 1 saturated heterocycles. The van der Waals surface area contributed by atoms with Crippen molar-refractivity contribution < 1.29 is 14.6 Å². The van der Waals surface area contributed by atoms with Crippen LogP contribution in [0.2, 0.25) is 0 Å². The van der Waals surface area contributed by atoms with Crippen molar-refractivity contribution in [3.05, 3.63) is 18.2 Å². The molecule has 0 amide bonds. The van der Waals surface area contributed by atoms with Crippen molar-refractivity contribution in [1.82, 2.24) is 5.32 Å². The van der Waals surface area contributed by atoms with Gasteiger partial charge in [0, 0.05) is 17.1 Å². The van der Waals surface area contributed by atoms with Crippen molar-refractivity contribution in [2.24, 2.45) is 0 Å². The number of aliphatic hydroxyl groups is 1. The molecule has 1 fully saturated rings. The molecule has 110 valence electrons. The average Bonchev–Trinajstić information content (AvgIpc) is 2.71. The summed E-state index contributed by atoms with van der Waals surface area (Å²) in [6.07, 6.45) is 2.57. The second-order valence-corrected chi connectivity index (χ2v) is 6.47. The van der Waals surface area contributed by atoms with Crippen molar-refractivity contribution >= 4 is 11.8 Å². The highest BCUT2D eigenvalue weighted by Gasteiger charge is 2.29. The fourth-order valence-corrected chi connectivity index (χ4v) is 3.57. The lowest BCUT2D eigenvalue weighted by Crippen LogP contribution is -2.43. The third-order valence-electron chi connectivity index (χ3n) is 3.76. The Labute approximate surface area is 123 Å². The van der Waals surface area contributed by atoms with Gasteiger partial charge >= 0.3 is 0 Å². The van der Waals surface area contributed by atoms with E-state index in [1.807, 2.05) is 18.2 Å². The van der Waals surface area contributed by atoms with Gasteiger partial charge in [0.25, 0.3) is 0 Å². The van der Waals surface area contributed by atoms with Crippen molar-refractivity contribution in [2.75, 3.05) is 32.1 Å². The molecule has 2 heterocycles. The summed E-state index contributed by atoms with van der Waals surface area (Å²) in [5, 5.41) is 13.8. The standard InChI is InChI=1S/C15H21NO3S/c17-15(4-6-16-7-5-15)11-20-12-2-3-13-14(10-12)19-9-1-8-18-13/h2-3,10,16-17H,1,4-9,11H2. The predicted octanol–water partition coefficient (Wildman–Crippen LogP) is 2.05. The molecule has 0 radical (unpaired) electrons. The summed E-state index contributed by atoms with van der Waals surface area (Å²) in [6, 6.07) is 6.04. The van der Waals surface area contributed by atoms with Gasteiger partial charge in [-0.15, -0.1) is 11.8 Å². The molecule has 0 saturated carbocycles. The van der Waals surface area contributed by atoms with E-state index in [1.165, 1.54) is 0 Å². The van der Waals surface area contributed by atoms with Crippen LogP contribution in [0.1, 0.15) is 19.3 Å².